The predicted molar refractivity (Wildman–Crippen MR) is 76.0 cm³/mol. The molecule has 1 saturated heterocycles. The third-order valence-corrected chi connectivity index (χ3v) is 3.43. The van der Waals surface area contributed by atoms with Gasteiger partial charge in [-0.3, -0.25) is 14.9 Å². The fourth-order valence-electron chi connectivity index (χ4n) is 2.36. The molecule has 0 radical (unpaired) electrons. The summed E-state index contributed by atoms with van der Waals surface area (Å²) < 4.78 is 0. The Kier molecular flexibility index (Phi) is 4.19. The maximum absolute atomic E-state index is 11.5. The lowest BCUT2D eigenvalue weighted by atomic mass is 10.1. The Bertz CT molecular complexity index is 532. The molecular weight excluding hydrogens is 260 g/mol. The minimum atomic E-state index is -0.465. The smallest absolute Gasteiger partial charge is 0.293 e. The summed E-state index contributed by atoms with van der Waals surface area (Å²) in [6.07, 6.45) is 0.949. The molecule has 1 amide bonds. The summed E-state index contributed by atoms with van der Waals surface area (Å²) in [5.41, 5.74) is 0.678. The molecule has 1 atom stereocenters. The molecule has 1 unspecified atom stereocenters. The SMILES string of the molecule is CNC(=O)c1ccc(NC2CCN(C)C2)c([N+](=O)[O-])c1. The molecule has 1 fully saturated rings. The Morgan fingerprint density at radius 2 is 2.25 bits per heavy atom. The van der Waals surface area contributed by atoms with Crippen LogP contribution < -0.4 is 10.6 Å². The highest BCUT2D eigenvalue weighted by molar-refractivity contribution is 5.95. The first-order valence-electron chi connectivity index (χ1n) is 6.47. The molecule has 0 bridgehead atoms. The zero-order valence-electron chi connectivity index (χ0n) is 11.5. The molecule has 0 saturated carbocycles. The van der Waals surface area contributed by atoms with Crippen LogP contribution in [0, 0.1) is 10.1 Å². The second kappa shape index (κ2) is 5.87. The van der Waals surface area contributed by atoms with Crippen LogP contribution in [0.5, 0.6) is 0 Å². The Morgan fingerprint density at radius 3 is 2.80 bits per heavy atom. The highest BCUT2D eigenvalue weighted by Crippen LogP contribution is 2.27. The molecule has 1 heterocycles. The number of likely N-dealkylation sites (tertiary alicyclic amines) is 1. The summed E-state index contributed by atoms with van der Waals surface area (Å²) in [5, 5.41) is 16.8. The molecule has 1 aliphatic rings. The minimum Gasteiger partial charge on any atom is -0.375 e. The van der Waals surface area contributed by atoms with E-state index >= 15 is 0 Å². The van der Waals surface area contributed by atoms with Crippen molar-refractivity contribution in [3.05, 3.63) is 33.9 Å². The van der Waals surface area contributed by atoms with Crippen molar-refractivity contribution < 1.29 is 9.72 Å². The zero-order valence-corrected chi connectivity index (χ0v) is 11.5. The molecule has 1 aromatic rings. The number of nitro benzene ring substituents is 1. The Hall–Kier alpha value is -2.15. The number of nitro groups is 1. The van der Waals surface area contributed by atoms with Crippen molar-refractivity contribution in [2.45, 2.75) is 12.5 Å². The third kappa shape index (κ3) is 3.05. The average Bonchev–Trinajstić information content (AvgIpc) is 2.83. The molecule has 0 aromatic heterocycles. The van der Waals surface area contributed by atoms with Crippen molar-refractivity contribution in [3.8, 4) is 0 Å². The average molecular weight is 278 g/mol. The van der Waals surface area contributed by atoms with Crippen LogP contribution in [0.2, 0.25) is 0 Å². The van der Waals surface area contributed by atoms with E-state index < -0.39 is 4.92 Å². The van der Waals surface area contributed by atoms with Crippen molar-refractivity contribution in [2.24, 2.45) is 0 Å². The van der Waals surface area contributed by atoms with Crippen LogP contribution in [0.3, 0.4) is 0 Å². The number of rotatable bonds is 4. The molecule has 1 aliphatic heterocycles. The van der Waals surface area contributed by atoms with E-state index in [0.29, 0.717) is 5.69 Å². The van der Waals surface area contributed by atoms with Gasteiger partial charge in [-0.05, 0) is 32.1 Å². The lowest BCUT2D eigenvalue weighted by Crippen LogP contribution is -2.24. The van der Waals surface area contributed by atoms with Crippen molar-refractivity contribution >= 4 is 17.3 Å². The number of carbonyl (C=O) groups excluding carboxylic acids is 1. The molecule has 108 valence electrons. The van der Waals surface area contributed by atoms with Gasteiger partial charge in [0.25, 0.3) is 11.6 Å². The topological polar surface area (TPSA) is 87.5 Å². The van der Waals surface area contributed by atoms with Gasteiger partial charge in [0, 0.05) is 31.3 Å². The second-order valence-electron chi connectivity index (χ2n) is 4.96. The predicted octanol–water partition coefficient (Wildman–Crippen LogP) is 1.07. The van der Waals surface area contributed by atoms with Crippen LogP contribution in [-0.4, -0.2) is 49.0 Å². The second-order valence-corrected chi connectivity index (χ2v) is 4.96. The number of likely N-dealkylation sites (N-methyl/N-ethyl adjacent to an activating group) is 1. The lowest BCUT2D eigenvalue weighted by molar-refractivity contribution is -0.384. The van der Waals surface area contributed by atoms with Crippen LogP contribution in [0.1, 0.15) is 16.8 Å². The minimum absolute atomic E-state index is 0.0688. The van der Waals surface area contributed by atoms with Gasteiger partial charge in [-0.15, -0.1) is 0 Å². The number of nitrogens with one attached hydrogen (secondary N) is 2. The number of hydrogen-bond acceptors (Lipinski definition) is 5. The summed E-state index contributed by atoms with van der Waals surface area (Å²) in [6, 6.07) is 4.69. The van der Waals surface area contributed by atoms with Crippen molar-refractivity contribution in [2.75, 3.05) is 32.5 Å². The van der Waals surface area contributed by atoms with Gasteiger partial charge in [-0.1, -0.05) is 0 Å². The summed E-state index contributed by atoms with van der Waals surface area (Å²) in [4.78, 5) is 24.4. The van der Waals surface area contributed by atoms with E-state index in [1.807, 2.05) is 7.05 Å². The van der Waals surface area contributed by atoms with E-state index in [2.05, 4.69) is 15.5 Å². The van der Waals surface area contributed by atoms with Gasteiger partial charge in [0.05, 0.1) is 4.92 Å². The highest BCUT2D eigenvalue weighted by atomic mass is 16.6. The maximum Gasteiger partial charge on any atom is 0.293 e. The van der Waals surface area contributed by atoms with E-state index in [-0.39, 0.29) is 23.2 Å². The maximum atomic E-state index is 11.5. The van der Waals surface area contributed by atoms with E-state index in [4.69, 9.17) is 0 Å². The van der Waals surface area contributed by atoms with Gasteiger partial charge in [0.15, 0.2) is 0 Å². The number of nitrogens with zero attached hydrogens (tertiary/aromatic N) is 2. The largest absolute Gasteiger partial charge is 0.375 e. The van der Waals surface area contributed by atoms with Crippen LogP contribution in [0.4, 0.5) is 11.4 Å². The fraction of sp³-hybridized carbons (Fsp3) is 0.462. The van der Waals surface area contributed by atoms with Gasteiger partial charge < -0.3 is 15.5 Å². The van der Waals surface area contributed by atoms with E-state index in [1.165, 1.54) is 13.1 Å². The van der Waals surface area contributed by atoms with Gasteiger partial charge >= 0.3 is 0 Å². The van der Waals surface area contributed by atoms with Crippen LogP contribution in [0.25, 0.3) is 0 Å². The first-order valence-corrected chi connectivity index (χ1v) is 6.47. The van der Waals surface area contributed by atoms with Crippen LogP contribution >= 0.6 is 0 Å². The summed E-state index contributed by atoms with van der Waals surface area (Å²) >= 11 is 0. The van der Waals surface area contributed by atoms with E-state index in [1.54, 1.807) is 12.1 Å². The molecule has 1 aromatic carbocycles. The number of anilines is 1. The standard InChI is InChI=1S/C13H18N4O3/c1-14-13(18)9-3-4-11(12(7-9)17(19)20)15-10-5-6-16(2)8-10/h3-4,7,10,15H,5-6,8H2,1-2H3,(H,14,18). The summed E-state index contributed by atoms with van der Waals surface area (Å²) in [6.45, 7) is 1.83. The Morgan fingerprint density at radius 1 is 1.50 bits per heavy atom. The van der Waals surface area contributed by atoms with Gasteiger partial charge in [-0.25, -0.2) is 0 Å². The monoisotopic (exact) mass is 278 g/mol. The quantitative estimate of drug-likeness (QED) is 0.635. The molecule has 7 heteroatoms. The normalized spacial score (nSPS) is 18.8. The molecule has 2 rings (SSSR count). The number of hydrogen-bond donors (Lipinski definition) is 2. The highest BCUT2D eigenvalue weighted by Gasteiger charge is 2.23. The summed E-state index contributed by atoms with van der Waals surface area (Å²) in [5.74, 6) is -0.333. The molecule has 20 heavy (non-hydrogen) atoms. The van der Waals surface area contributed by atoms with Gasteiger partial charge in [-0.2, -0.15) is 0 Å². The number of benzene rings is 1. The van der Waals surface area contributed by atoms with Gasteiger partial charge in [0.1, 0.15) is 5.69 Å². The van der Waals surface area contributed by atoms with Crippen molar-refractivity contribution in [3.63, 3.8) is 0 Å². The van der Waals surface area contributed by atoms with E-state index in [9.17, 15) is 14.9 Å². The first-order chi connectivity index (χ1) is 9.51. The van der Waals surface area contributed by atoms with Crippen LogP contribution in [0.15, 0.2) is 18.2 Å². The van der Waals surface area contributed by atoms with E-state index in [0.717, 1.165) is 19.5 Å². The molecule has 2 N–H and O–H groups in total. The zero-order chi connectivity index (χ0) is 14.7. The van der Waals surface area contributed by atoms with Crippen molar-refractivity contribution in [1.82, 2.24) is 10.2 Å². The first kappa shape index (κ1) is 14.3. The summed E-state index contributed by atoms with van der Waals surface area (Å²) in [7, 11) is 3.51. The third-order valence-electron chi connectivity index (χ3n) is 3.43. The number of amides is 1. The van der Waals surface area contributed by atoms with Crippen molar-refractivity contribution in [1.29, 1.82) is 0 Å². The van der Waals surface area contributed by atoms with Crippen LogP contribution in [-0.2, 0) is 0 Å². The number of carbonyl (C=O) groups is 1. The molecule has 0 aliphatic carbocycles. The van der Waals surface area contributed by atoms with Gasteiger partial charge in [0.2, 0.25) is 0 Å². The Balaban J connectivity index is 2.23. The molecule has 0 spiro atoms. The fourth-order valence-corrected chi connectivity index (χ4v) is 2.36. The Labute approximate surface area is 117 Å². The molecule has 7 nitrogen and oxygen atoms in total. The lowest BCUT2D eigenvalue weighted by Gasteiger charge is -2.14. The molecular formula is C13H18N4O3.